The second-order valence-corrected chi connectivity index (χ2v) is 5.10. The summed E-state index contributed by atoms with van der Waals surface area (Å²) in [6.45, 7) is 3.69. The third-order valence-electron chi connectivity index (χ3n) is 3.56. The zero-order chi connectivity index (χ0) is 13.7. The second kappa shape index (κ2) is 6.58. The first-order valence-electron chi connectivity index (χ1n) is 6.33. The second-order valence-electron chi connectivity index (χ2n) is 5.10. The van der Waals surface area contributed by atoms with E-state index < -0.39 is 5.97 Å². The van der Waals surface area contributed by atoms with Crippen LogP contribution < -0.4 is 5.32 Å². The third kappa shape index (κ3) is 4.18. The Balaban J connectivity index is 2.30. The van der Waals surface area contributed by atoms with Crippen LogP contribution in [-0.2, 0) is 4.79 Å². The van der Waals surface area contributed by atoms with Crippen LogP contribution in [0.15, 0.2) is 0 Å². The van der Waals surface area contributed by atoms with Crippen LogP contribution >= 0.6 is 0 Å². The number of carbonyl (C=O) groups is 2. The van der Waals surface area contributed by atoms with Gasteiger partial charge in [-0.2, -0.15) is 0 Å². The topological polar surface area (TPSA) is 72.9 Å². The molecular formula is C12H23N3O3. The zero-order valence-corrected chi connectivity index (χ0v) is 11.3. The van der Waals surface area contributed by atoms with E-state index in [0.717, 1.165) is 0 Å². The molecular weight excluding hydrogens is 234 g/mol. The first-order valence-corrected chi connectivity index (χ1v) is 6.33. The minimum Gasteiger partial charge on any atom is -0.481 e. The number of carboxylic acid groups (broad SMARTS) is 1. The van der Waals surface area contributed by atoms with E-state index in [0.29, 0.717) is 32.5 Å². The van der Waals surface area contributed by atoms with Crippen molar-refractivity contribution in [3.05, 3.63) is 0 Å². The molecule has 1 fully saturated rings. The Morgan fingerprint density at radius 2 is 1.94 bits per heavy atom. The fourth-order valence-corrected chi connectivity index (χ4v) is 1.86. The molecule has 2 amide bonds. The number of hydrogen-bond acceptors (Lipinski definition) is 3. The fraction of sp³-hybridized carbons (Fsp3) is 0.833. The molecule has 1 rings (SSSR count). The van der Waals surface area contributed by atoms with Gasteiger partial charge in [0.15, 0.2) is 0 Å². The number of nitrogens with zero attached hydrogens (tertiary/aromatic N) is 2. The minimum absolute atomic E-state index is 0.0902. The number of carbonyl (C=O) groups excluding carboxylic acids is 1. The largest absolute Gasteiger partial charge is 0.481 e. The molecule has 1 aliphatic rings. The summed E-state index contributed by atoms with van der Waals surface area (Å²) in [4.78, 5) is 26.4. The first-order chi connectivity index (χ1) is 8.41. The Kier molecular flexibility index (Phi) is 5.40. The molecule has 1 atom stereocenters. The summed E-state index contributed by atoms with van der Waals surface area (Å²) in [6.07, 6.45) is 1.10. The van der Waals surface area contributed by atoms with E-state index in [-0.39, 0.29) is 18.0 Å². The number of likely N-dealkylation sites (tertiary alicyclic amines) is 1. The first kappa shape index (κ1) is 14.8. The summed E-state index contributed by atoms with van der Waals surface area (Å²) in [5, 5.41) is 11.8. The fourth-order valence-electron chi connectivity index (χ4n) is 1.86. The molecule has 0 radical (unpaired) electrons. The lowest BCUT2D eigenvalue weighted by molar-refractivity contribution is -0.143. The average Bonchev–Trinajstić information content (AvgIpc) is 2.35. The van der Waals surface area contributed by atoms with Gasteiger partial charge in [0.1, 0.15) is 0 Å². The van der Waals surface area contributed by atoms with Crippen LogP contribution in [0.4, 0.5) is 4.79 Å². The van der Waals surface area contributed by atoms with E-state index in [2.05, 4.69) is 5.32 Å². The molecule has 0 saturated carbocycles. The number of amides is 2. The van der Waals surface area contributed by atoms with Crippen molar-refractivity contribution in [2.45, 2.75) is 25.8 Å². The molecule has 6 heteroatoms. The van der Waals surface area contributed by atoms with Crippen LogP contribution in [-0.4, -0.2) is 66.7 Å². The van der Waals surface area contributed by atoms with E-state index in [4.69, 9.17) is 5.11 Å². The Morgan fingerprint density at radius 1 is 1.39 bits per heavy atom. The van der Waals surface area contributed by atoms with Crippen molar-refractivity contribution in [2.24, 2.45) is 5.92 Å². The maximum absolute atomic E-state index is 11.9. The van der Waals surface area contributed by atoms with Gasteiger partial charge in [-0.3, -0.25) is 4.79 Å². The number of likely N-dealkylation sites (N-methyl/N-ethyl adjacent to an activating group) is 1. The summed E-state index contributed by atoms with van der Waals surface area (Å²) in [7, 11) is 3.93. The van der Waals surface area contributed by atoms with Gasteiger partial charge in [0, 0.05) is 25.7 Å². The van der Waals surface area contributed by atoms with Gasteiger partial charge in [0.25, 0.3) is 0 Å². The zero-order valence-electron chi connectivity index (χ0n) is 11.3. The van der Waals surface area contributed by atoms with E-state index >= 15 is 0 Å². The van der Waals surface area contributed by atoms with Crippen molar-refractivity contribution in [3.8, 4) is 0 Å². The van der Waals surface area contributed by atoms with E-state index in [1.54, 1.807) is 4.90 Å². The minimum atomic E-state index is -0.753. The summed E-state index contributed by atoms with van der Waals surface area (Å²) in [5.41, 5.74) is 0. The standard InChI is InChI=1S/C12H23N3O3/c1-9(14(2)3)8-13-12(18)15-6-4-10(5-7-15)11(16)17/h9-10H,4-8H2,1-3H3,(H,13,18)(H,16,17). The number of nitrogens with one attached hydrogen (secondary N) is 1. The maximum Gasteiger partial charge on any atom is 0.317 e. The number of aliphatic carboxylic acids is 1. The van der Waals surface area contributed by atoms with Crippen LogP contribution in [0.2, 0.25) is 0 Å². The Hall–Kier alpha value is -1.30. The van der Waals surface area contributed by atoms with Gasteiger partial charge in [-0.25, -0.2) is 4.79 Å². The lowest BCUT2D eigenvalue weighted by atomic mass is 9.97. The van der Waals surface area contributed by atoms with Crippen LogP contribution in [0.1, 0.15) is 19.8 Å². The Bertz CT molecular complexity index is 299. The number of carboxylic acids is 1. The highest BCUT2D eigenvalue weighted by atomic mass is 16.4. The molecule has 1 heterocycles. The Morgan fingerprint density at radius 3 is 2.39 bits per heavy atom. The van der Waals surface area contributed by atoms with E-state index in [1.165, 1.54) is 0 Å². The SMILES string of the molecule is CC(CNC(=O)N1CCC(C(=O)O)CC1)N(C)C. The van der Waals surface area contributed by atoms with Crippen molar-refractivity contribution >= 4 is 12.0 Å². The summed E-state index contributed by atoms with van der Waals surface area (Å²) in [5.74, 6) is -1.05. The highest BCUT2D eigenvalue weighted by molar-refractivity contribution is 5.75. The maximum atomic E-state index is 11.9. The van der Waals surface area contributed by atoms with Gasteiger partial charge >= 0.3 is 12.0 Å². The van der Waals surface area contributed by atoms with Crippen molar-refractivity contribution in [3.63, 3.8) is 0 Å². The highest BCUT2D eigenvalue weighted by Gasteiger charge is 2.26. The molecule has 0 aromatic heterocycles. The lowest BCUT2D eigenvalue weighted by Crippen LogP contribution is -2.48. The lowest BCUT2D eigenvalue weighted by Gasteiger charge is -2.31. The van der Waals surface area contributed by atoms with Crippen LogP contribution in [0.3, 0.4) is 0 Å². The molecule has 0 bridgehead atoms. The van der Waals surface area contributed by atoms with Gasteiger partial charge in [-0.15, -0.1) is 0 Å². The third-order valence-corrected chi connectivity index (χ3v) is 3.56. The normalized spacial score (nSPS) is 18.8. The van der Waals surface area contributed by atoms with Crippen molar-refractivity contribution < 1.29 is 14.7 Å². The molecule has 0 spiro atoms. The van der Waals surface area contributed by atoms with Gasteiger partial charge < -0.3 is 20.2 Å². The molecule has 1 aliphatic heterocycles. The monoisotopic (exact) mass is 257 g/mol. The number of rotatable bonds is 4. The van der Waals surface area contributed by atoms with Crippen LogP contribution in [0.5, 0.6) is 0 Å². The van der Waals surface area contributed by atoms with Crippen molar-refractivity contribution in [1.29, 1.82) is 0 Å². The van der Waals surface area contributed by atoms with Crippen LogP contribution in [0.25, 0.3) is 0 Å². The molecule has 0 aromatic rings. The predicted octanol–water partition coefficient (Wildman–Crippen LogP) is 0.443. The molecule has 104 valence electrons. The molecule has 0 aromatic carbocycles. The molecule has 18 heavy (non-hydrogen) atoms. The molecule has 0 aliphatic carbocycles. The van der Waals surface area contributed by atoms with E-state index in [9.17, 15) is 9.59 Å². The number of hydrogen-bond donors (Lipinski definition) is 2. The van der Waals surface area contributed by atoms with Crippen molar-refractivity contribution in [2.75, 3.05) is 33.7 Å². The molecule has 6 nitrogen and oxygen atoms in total. The van der Waals surface area contributed by atoms with Gasteiger partial charge in [0.05, 0.1) is 5.92 Å². The quantitative estimate of drug-likeness (QED) is 0.766. The summed E-state index contributed by atoms with van der Waals surface area (Å²) < 4.78 is 0. The summed E-state index contributed by atoms with van der Waals surface area (Å²) in [6, 6.07) is 0.193. The van der Waals surface area contributed by atoms with Gasteiger partial charge in [-0.05, 0) is 33.9 Å². The highest BCUT2D eigenvalue weighted by Crippen LogP contribution is 2.17. The van der Waals surface area contributed by atoms with Gasteiger partial charge in [-0.1, -0.05) is 0 Å². The molecule has 1 unspecified atom stereocenters. The van der Waals surface area contributed by atoms with Crippen molar-refractivity contribution in [1.82, 2.24) is 15.1 Å². The van der Waals surface area contributed by atoms with Crippen LogP contribution in [0, 0.1) is 5.92 Å². The molecule has 2 N–H and O–H groups in total. The molecule has 1 saturated heterocycles. The van der Waals surface area contributed by atoms with Gasteiger partial charge in [0.2, 0.25) is 0 Å². The predicted molar refractivity (Wildman–Crippen MR) is 68.5 cm³/mol. The number of piperidine rings is 1. The summed E-state index contributed by atoms with van der Waals surface area (Å²) >= 11 is 0. The average molecular weight is 257 g/mol. The Labute approximate surface area is 108 Å². The number of urea groups is 1. The van der Waals surface area contributed by atoms with E-state index in [1.807, 2.05) is 25.9 Å². The smallest absolute Gasteiger partial charge is 0.317 e.